The molecule has 0 bridgehead atoms. The van der Waals surface area contributed by atoms with E-state index in [0.717, 1.165) is 11.3 Å². The van der Waals surface area contributed by atoms with Gasteiger partial charge in [-0.2, -0.15) is 0 Å². The summed E-state index contributed by atoms with van der Waals surface area (Å²) in [5, 5.41) is 11.6. The van der Waals surface area contributed by atoms with Gasteiger partial charge in [-0.1, -0.05) is 18.2 Å². The predicted molar refractivity (Wildman–Crippen MR) is 131 cm³/mol. The van der Waals surface area contributed by atoms with Crippen LogP contribution in [0.4, 0.5) is 5.69 Å². The molecule has 8 heteroatoms. The molecule has 1 spiro atoms. The molecule has 0 saturated carbocycles. The molecule has 0 aromatic heterocycles. The minimum Gasteiger partial charge on any atom is -0.507 e. The van der Waals surface area contributed by atoms with Gasteiger partial charge in [-0.15, -0.1) is 0 Å². The van der Waals surface area contributed by atoms with Crippen LogP contribution in [0.5, 0.6) is 5.75 Å². The molecule has 2 aromatic carbocycles. The van der Waals surface area contributed by atoms with Crippen molar-refractivity contribution in [2.75, 3.05) is 39.1 Å². The lowest BCUT2D eigenvalue weighted by Crippen LogP contribution is -2.51. The third-order valence-electron chi connectivity index (χ3n) is 7.10. The van der Waals surface area contributed by atoms with Gasteiger partial charge in [0.25, 0.3) is 17.6 Å². The first-order valence-electron chi connectivity index (χ1n) is 11.8. The highest BCUT2D eigenvalue weighted by atomic mass is 16.5. The maximum Gasteiger partial charge on any atom is 0.296 e. The van der Waals surface area contributed by atoms with Gasteiger partial charge in [0.15, 0.2) is 5.54 Å². The molecule has 2 aromatic rings. The Balaban J connectivity index is 1.73. The van der Waals surface area contributed by atoms with E-state index in [1.807, 2.05) is 32.0 Å². The number of carbonyl (C=O) groups excluding carboxylic acids is 3. The number of aliphatic hydroxyl groups excluding tert-OH is 1. The summed E-state index contributed by atoms with van der Waals surface area (Å²) in [6, 6.07) is 12.3. The number of carbonyl (C=O) groups is 3. The molecule has 0 radical (unpaired) electrons. The lowest BCUT2D eigenvalue weighted by atomic mass is 9.81. The number of anilines is 1. The lowest BCUT2D eigenvalue weighted by molar-refractivity contribution is -0.143. The summed E-state index contributed by atoms with van der Waals surface area (Å²) in [6.07, 6.45) is 1.25. The van der Waals surface area contributed by atoms with E-state index in [2.05, 4.69) is 0 Å². The first-order valence-corrected chi connectivity index (χ1v) is 11.8. The minimum absolute atomic E-state index is 0.0141. The van der Waals surface area contributed by atoms with Crippen molar-refractivity contribution in [3.63, 3.8) is 0 Å². The Morgan fingerprint density at radius 3 is 2.66 bits per heavy atom. The van der Waals surface area contributed by atoms with Crippen molar-refractivity contribution in [2.24, 2.45) is 0 Å². The Labute approximate surface area is 204 Å². The molecule has 1 saturated heterocycles. The average molecular weight is 476 g/mol. The number of fused-ring (bicyclic) bond motifs is 3. The van der Waals surface area contributed by atoms with Gasteiger partial charge in [-0.25, -0.2) is 0 Å². The van der Waals surface area contributed by atoms with E-state index in [1.165, 1.54) is 9.80 Å². The third kappa shape index (κ3) is 3.27. The van der Waals surface area contributed by atoms with Crippen LogP contribution < -0.4 is 9.64 Å². The number of amides is 2. The van der Waals surface area contributed by atoms with Crippen molar-refractivity contribution in [3.8, 4) is 5.75 Å². The Bertz CT molecular complexity index is 1280. The number of aliphatic hydroxyl groups is 1. The molecule has 0 unspecified atom stereocenters. The number of hydrogen-bond acceptors (Lipinski definition) is 6. The van der Waals surface area contributed by atoms with Crippen LogP contribution in [0.1, 0.15) is 30.0 Å². The predicted octanol–water partition coefficient (Wildman–Crippen LogP) is 2.51. The van der Waals surface area contributed by atoms with Crippen molar-refractivity contribution in [2.45, 2.75) is 31.4 Å². The fourth-order valence-corrected chi connectivity index (χ4v) is 5.53. The fourth-order valence-electron chi connectivity index (χ4n) is 5.53. The molecule has 5 rings (SSSR count). The van der Waals surface area contributed by atoms with Gasteiger partial charge >= 0.3 is 0 Å². The van der Waals surface area contributed by atoms with Crippen molar-refractivity contribution < 1.29 is 24.2 Å². The first-order chi connectivity index (χ1) is 16.7. The number of Topliss-reactive ketones (excluding diaryl/α,β-unsaturated/α-hetero) is 1. The quantitative estimate of drug-likeness (QED) is 0.406. The molecule has 2 atom stereocenters. The molecule has 3 aliphatic rings. The summed E-state index contributed by atoms with van der Waals surface area (Å²) in [7, 11) is 5.47. The molecular formula is C27H29N3O5. The van der Waals surface area contributed by atoms with Crippen LogP contribution in [0.15, 0.2) is 48.0 Å². The largest absolute Gasteiger partial charge is 0.507 e. The number of hydrogen-bond donors (Lipinski definition) is 1. The van der Waals surface area contributed by atoms with E-state index < -0.39 is 23.1 Å². The molecule has 0 aliphatic carbocycles. The molecule has 3 aliphatic heterocycles. The van der Waals surface area contributed by atoms with Crippen LogP contribution in [0.25, 0.3) is 5.76 Å². The number of ether oxygens (including phenoxy) is 1. The van der Waals surface area contributed by atoms with E-state index in [9.17, 15) is 19.5 Å². The van der Waals surface area contributed by atoms with Crippen molar-refractivity contribution in [3.05, 3.63) is 64.7 Å². The van der Waals surface area contributed by atoms with E-state index in [1.54, 1.807) is 43.4 Å². The second-order valence-electron chi connectivity index (χ2n) is 9.71. The molecule has 1 N–H and O–H groups in total. The SMILES string of the molecule is C[C@@H]1Cc2cc(C(O)=C3C(=O)C(=O)N(CCCN(C)C)[C@]34C(=O)N(C)c3ccccc34)ccc2O1. The number of ketones is 1. The smallest absolute Gasteiger partial charge is 0.296 e. The van der Waals surface area contributed by atoms with E-state index in [4.69, 9.17) is 4.74 Å². The van der Waals surface area contributed by atoms with Crippen molar-refractivity contribution in [1.82, 2.24) is 9.80 Å². The van der Waals surface area contributed by atoms with E-state index in [0.29, 0.717) is 36.2 Å². The second kappa shape index (κ2) is 8.23. The zero-order chi connectivity index (χ0) is 25.1. The van der Waals surface area contributed by atoms with Crippen LogP contribution in [0.2, 0.25) is 0 Å². The molecule has 8 nitrogen and oxygen atoms in total. The topological polar surface area (TPSA) is 90.4 Å². The molecule has 2 amide bonds. The fraction of sp³-hybridized carbons (Fsp3) is 0.370. The number of para-hydroxylation sites is 1. The number of likely N-dealkylation sites (N-methyl/N-ethyl adjacent to an activating group) is 1. The van der Waals surface area contributed by atoms with Gasteiger partial charge < -0.3 is 24.5 Å². The summed E-state index contributed by atoms with van der Waals surface area (Å²) >= 11 is 0. The van der Waals surface area contributed by atoms with Gasteiger partial charge in [0.05, 0.1) is 5.57 Å². The third-order valence-corrected chi connectivity index (χ3v) is 7.10. The van der Waals surface area contributed by atoms with Gasteiger partial charge in [0.1, 0.15) is 17.6 Å². The normalized spacial score (nSPS) is 24.5. The molecule has 1 fully saturated rings. The van der Waals surface area contributed by atoms with E-state index >= 15 is 0 Å². The Hall–Kier alpha value is -3.65. The van der Waals surface area contributed by atoms with E-state index in [-0.39, 0.29) is 24.0 Å². The number of likely N-dealkylation sites (tertiary alicyclic amines) is 1. The highest BCUT2D eigenvalue weighted by Crippen LogP contribution is 2.53. The van der Waals surface area contributed by atoms with Crippen LogP contribution in [0, 0.1) is 0 Å². The van der Waals surface area contributed by atoms with Gasteiger partial charge in [-0.3, -0.25) is 14.4 Å². The molecular weight excluding hydrogens is 446 g/mol. The molecule has 182 valence electrons. The summed E-state index contributed by atoms with van der Waals surface area (Å²) in [4.78, 5) is 45.7. The molecule has 35 heavy (non-hydrogen) atoms. The average Bonchev–Trinajstić information content (AvgIpc) is 3.39. The standard InChI is InChI=1S/C27H29N3O5/c1-16-14-18-15-17(10-11-21(18)35-16)23(31)22-24(32)25(33)30(13-7-12-28(2)3)27(22)19-8-5-6-9-20(19)29(4)26(27)34/h5-6,8-11,15-16,31H,7,12-14H2,1-4H3/t16-,27+/m1/s1. The zero-order valence-corrected chi connectivity index (χ0v) is 20.4. The Morgan fingerprint density at radius 2 is 1.91 bits per heavy atom. The summed E-state index contributed by atoms with van der Waals surface area (Å²) in [6.45, 7) is 2.83. The Morgan fingerprint density at radius 1 is 1.17 bits per heavy atom. The zero-order valence-electron chi connectivity index (χ0n) is 20.4. The molecule has 3 heterocycles. The van der Waals surface area contributed by atoms with Gasteiger partial charge in [0, 0.05) is 36.8 Å². The van der Waals surface area contributed by atoms with Gasteiger partial charge in [-0.05, 0) is 63.8 Å². The van der Waals surface area contributed by atoms with Crippen molar-refractivity contribution in [1.29, 1.82) is 0 Å². The summed E-state index contributed by atoms with van der Waals surface area (Å²) in [5.41, 5.74) is 0.535. The number of nitrogens with zero attached hydrogens (tertiary/aromatic N) is 3. The summed E-state index contributed by atoms with van der Waals surface area (Å²) < 4.78 is 5.76. The maximum atomic E-state index is 14.0. The van der Waals surface area contributed by atoms with Crippen molar-refractivity contribution >= 4 is 29.0 Å². The number of benzene rings is 2. The van der Waals surface area contributed by atoms with Crippen LogP contribution in [-0.2, 0) is 26.3 Å². The Kier molecular flexibility index (Phi) is 5.44. The van der Waals surface area contributed by atoms with Gasteiger partial charge in [0.2, 0.25) is 0 Å². The second-order valence-corrected chi connectivity index (χ2v) is 9.71. The highest BCUT2D eigenvalue weighted by Gasteiger charge is 2.66. The minimum atomic E-state index is -1.71. The van der Waals surface area contributed by atoms with Crippen LogP contribution >= 0.6 is 0 Å². The maximum absolute atomic E-state index is 14.0. The summed E-state index contributed by atoms with van der Waals surface area (Å²) in [5.74, 6) is -1.67. The monoisotopic (exact) mass is 475 g/mol. The first kappa shape index (κ1) is 23.1. The van der Waals surface area contributed by atoms with Crippen LogP contribution in [0.3, 0.4) is 0 Å². The lowest BCUT2D eigenvalue weighted by Gasteiger charge is -2.34. The van der Waals surface area contributed by atoms with Crippen LogP contribution in [-0.4, -0.2) is 72.8 Å². The number of rotatable bonds is 5. The highest BCUT2D eigenvalue weighted by molar-refractivity contribution is 6.50.